The highest BCUT2D eigenvalue weighted by Gasteiger charge is 2.12. The van der Waals surface area contributed by atoms with Crippen molar-refractivity contribution in [3.63, 3.8) is 0 Å². The molecule has 0 unspecified atom stereocenters. The number of ether oxygens (including phenoxy) is 2. The summed E-state index contributed by atoms with van der Waals surface area (Å²) in [5.41, 5.74) is 1.30. The summed E-state index contributed by atoms with van der Waals surface area (Å²) in [5.74, 6) is 0. The molecule has 82 valence electrons. The number of rotatable bonds is 4. The van der Waals surface area contributed by atoms with Crippen LogP contribution < -0.4 is 5.32 Å². The van der Waals surface area contributed by atoms with Crippen LogP contribution in [-0.4, -0.2) is 32.5 Å². The third-order valence-electron chi connectivity index (χ3n) is 2.43. The summed E-state index contributed by atoms with van der Waals surface area (Å²) < 4.78 is 10.8. The van der Waals surface area contributed by atoms with Crippen molar-refractivity contribution in [2.75, 3.05) is 26.4 Å². The van der Waals surface area contributed by atoms with Crippen LogP contribution in [0, 0.1) is 0 Å². The molecule has 0 bridgehead atoms. The maximum absolute atomic E-state index is 5.53. The van der Waals surface area contributed by atoms with Crippen LogP contribution >= 0.6 is 0 Å². The van der Waals surface area contributed by atoms with Gasteiger partial charge in [0.05, 0.1) is 25.9 Å². The van der Waals surface area contributed by atoms with E-state index in [-0.39, 0.29) is 6.10 Å². The molecule has 1 heterocycles. The third-order valence-corrected chi connectivity index (χ3v) is 2.43. The second-order valence-corrected chi connectivity index (χ2v) is 3.68. The summed E-state index contributed by atoms with van der Waals surface area (Å²) in [6.45, 7) is 3.91. The van der Waals surface area contributed by atoms with Crippen LogP contribution in [0.15, 0.2) is 30.3 Å². The molecule has 3 nitrogen and oxygen atoms in total. The molecule has 1 N–H and O–H groups in total. The summed E-state index contributed by atoms with van der Waals surface area (Å²) in [6, 6.07) is 10.4. The molecule has 3 heteroatoms. The molecule has 1 aromatic rings. The fourth-order valence-corrected chi connectivity index (χ4v) is 1.63. The fourth-order valence-electron chi connectivity index (χ4n) is 1.63. The van der Waals surface area contributed by atoms with E-state index in [9.17, 15) is 0 Å². The molecule has 1 aliphatic rings. The highest BCUT2D eigenvalue weighted by Crippen LogP contribution is 2.01. The normalized spacial score (nSPS) is 21.5. The van der Waals surface area contributed by atoms with Gasteiger partial charge in [-0.3, -0.25) is 0 Å². The maximum atomic E-state index is 5.53. The molecule has 0 amide bonds. The van der Waals surface area contributed by atoms with E-state index in [0.717, 1.165) is 26.3 Å². The van der Waals surface area contributed by atoms with E-state index in [2.05, 4.69) is 29.6 Å². The Morgan fingerprint density at radius 2 is 2.07 bits per heavy atom. The monoisotopic (exact) mass is 207 g/mol. The molecule has 15 heavy (non-hydrogen) atoms. The van der Waals surface area contributed by atoms with Crippen LogP contribution in [-0.2, 0) is 16.0 Å². The summed E-state index contributed by atoms with van der Waals surface area (Å²) >= 11 is 0. The van der Waals surface area contributed by atoms with E-state index in [0.29, 0.717) is 6.61 Å². The van der Waals surface area contributed by atoms with Gasteiger partial charge < -0.3 is 14.8 Å². The number of benzene rings is 1. The topological polar surface area (TPSA) is 30.5 Å². The molecule has 0 aliphatic carbocycles. The van der Waals surface area contributed by atoms with E-state index in [1.165, 1.54) is 5.56 Å². The molecule has 0 aromatic heterocycles. The van der Waals surface area contributed by atoms with Gasteiger partial charge in [-0.2, -0.15) is 0 Å². The molecule has 1 saturated heterocycles. The van der Waals surface area contributed by atoms with E-state index in [1.54, 1.807) is 0 Å². The lowest BCUT2D eigenvalue weighted by atomic mass is 10.2. The highest BCUT2D eigenvalue weighted by atomic mass is 16.6. The van der Waals surface area contributed by atoms with E-state index < -0.39 is 0 Å². The largest absolute Gasteiger partial charge is 0.376 e. The molecule has 1 fully saturated rings. The van der Waals surface area contributed by atoms with Gasteiger partial charge in [0.2, 0.25) is 0 Å². The summed E-state index contributed by atoms with van der Waals surface area (Å²) in [4.78, 5) is 0. The van der Waals surface area contributed by atoms with Gasteiger partial charge in [0, 0.05) is 13.1 Å². The molecule has 0 saturated carbocycles. The molecular weight excluding hydrogens is 190 g/mol. The minimum absolute atomic E-state index is 0.211. The van der Waals surface area contributed by atoms with Crippen molar-refractivity contribution in [1.82, 2.24) is 5.32 Å². The van der Waals surface area contributed by atoms with Gasteiger partial charge in [0.25, 0.3) is 0 Å². The molecule has 1 aromatic carbocycles. The molecule has 0 radical (unpaired) electrons. The zero-order valence-electron chi connectivity index (χ0n) is 8.82. The summed E-state index contributed by atoms with van der Waals surface area (Å²) in [5, 5.41) is 3.37. The SMILES string of the molecule is c1ccc(CNC[C@H]2COCCO2)cc1. The van der Waals surface area contributed by atoms with Gasteiger partial charge in [0.15, 0.2) is 0 Å². The Balaban J connectivity index is 1.66. The Hall–Kier alpha value is -0.900. The lowest BCUT2D eigenvalue weighted by Crippen LogP contribution is -2.37. The standard InChI is InChI=1S/C12H17NO2/c1-2-4-11(5-3-1)8-13-9-12-10-14-6-7-15-12/h1-5,12-13H,6-10H2/t12-/m0/s1. The van der Waals surface area contributed by atoms with Crippen LogP contribution in [0.4, 0.5) is 0 Å². The highest BCUT2D eigenvalue weighted by molar-refractivity contribution is 5.14. The first-order chi connectivity index (χ1) is 7.45. The number of nitrogens with one attached hydrogen (secondary N) is 1. The van der Waals surface area contributed by atoms with Gasteiger partial charge in [-0.25, -0.2) is 0 Å². The average molecular weight is 207 g/mol. The first kappa shape index (κ1) is 10.6. The van der Waals surface area contributed by atoms with Gasteiger partial charge >= 0.3 is 0 Å². The Morgan fingerprint density at radius 3 is 2.80 bits per heavy atom. The second-order valence-electron chi connectivity index (χ2n) is 3.68. The Morgan fingerprint density at radius 1 is 1.20 bits per heavy atom. The Labute approximate surface area is 90.4 Å². The lowest BCUT2D eigenvalue weighted by molar-refractivity contribution is -0.0864. The van der Waals surface area contributed by atoms with Crippen LogP contribution in [0.5, 0.6) is 0 Å². The van der Waals surface area contributed by atoms with Crippen LogP contribution in [0.1, 0.15) is 5.56 Å². The fraction of sp³-hybridized carbons (Fsp3) is 0.500. The first-order valence-corrected chi connectivity index (χ1v) is 5.39. The van der Waals surface area contributed by atoms with E-state index in [1.807, 2.05) is 6.07 Å². The Kier molecular flexibility index (Phi) is 4.14. The van der Waals surface area contributed by atoms with Crippen molar-refractivity contribution in [3.05, 3.63) is 35.9 Å². The van der Waals surface area contributed by atoms with Crippen molar-refractivity contribution in [3.8, 4) is 0 Å². The average Bonchev–Trinajstić information content (AvgIpc) is 2.32. The molecule has 2 rings (SSSR count). The van der Waals surface area contributed by atoms with Crippen LogP contribution in [0.3, 0.4) is 0 Å². The minimum atomic E-state index is 0.211. The molecule has 1 aliphatic heterocycles. The van der Waals surface area contributed by atoms with Gasteiger partial charge in [-0.05, 0) is 5.56 Å². The predicted octanol–water partition coefficient (Wildman–Crippen LogP) is 1.19. The van der Waals surface area contributed by atoms with Crippen LogP contribution in [0.2, 0.25) is 0 Å². The second kappa shape index (κ2) is 5.85. The van der Waals surface area contributed by atoms with E-state index in [4.69, 9.17) is 9.47 Å². The van der Waals surface area contributed by atoms with Gasteiger partial charge in [-0.15, -0.1) is 0 Å². The first-order valence-electron chi connectivity index (χ1n) is 5.39. The van der Waals surface area contributed by atoms with Gasteiger partial charge in [0.1, 0.15) is 0 Å². The van der Waals surface area contributed by atoms with Crippen molar-refractivity contribution >= 4 is 0 Å². The minimum Gasteiger partial charge on any atom is -0.376 e. The Bertz CT molecular complexity index is 270. The predicted molar refractivity (Wildman–Crippen MR) is 58.7 cm³/mol. The van der Waals surface area contributed by atoms with Crippen molar-refractivity contribution < 1.29 is 9.47 Å². The molecule has 0 spiro atoms. The maximum Gasteiger partial charge on any atom is 0.0933 e. The molecule has 1 atom stereocenters. The quantitative estimate of drug-likeness (QED) is 0.804. The zero-order valence-corrected chi connectivity index (χ0v) is 8.82. The van der Waals surface area contributed by atoms with Gasteiger partial charge in [-0.1, -0.05) is 30.3 Å². The lowest BCUT2D eigenvalue weighted by Gasteiger charge is -2.23. The zero-order chi connectivity index (χ0) is 10.3. The van der Waals surface area contributed by atoms with Crippen molar-refractivity contribution in [2.45, 2.75) is 12.6 Å². The van der Waals surface area contributed by atoms with Crippen molar-refractivity contribution in [2.24, 2.45) is 0 Å². The summed E-state index contributed by atoms with van der Waals surface area (Å²) in [7, 11) is 0. The van der Waals surface area contributed by atoms with Crippen LogP contribution in [0.25, 0.3) is 0 Å². The third kappa shape index (κ3) is 3.63. The van der Waals surface area contributed by atoms with Crippen molar-refractivity contribution in [1.29, 1.82) is 0 Å². The van der Waals surface area contributed by atoms with E-state index >= 15 is 0 Å². The summed E-state index contributed by atoms with van der Waals surface area (Å²) in [6.07, 6.45) is 0.211. The number of hydrogen-bond acceptors (Lipinski definition) is 3. The number of hydrogen-bond donors (Lipinski definition) is 1. The molecular formula is C12H17NO2. The smallest absolute Gasteiger partial charge is 0.0933 e.